The third kappa shape index (κ3) is 10.2. The number of benzene rings is 4. The van der Waals surface area contributed by atoms with Gasteiger partial charge in [0.2, 0.25) is 11.8 Å². The monoisotopic (exact) mass is 967 g/mol. The number of nitrogens with one attached hydrogen (secondary N) is 5. The largest absolute Gasteiger partial charge is 0.508 e. The summed E-state index contributed by atoms with van der Waals surface area (Å²) in [6, 6.07) is 23.6. The first-order chi connectivity index (χ1) is 33.8. The van der Waals surface area contributed by atoms with E-state index in [0.717, 1.165) is 11.1 Å². The van der Waals surface area contributed by atoms with Gasteiger partial charge in [-0.15, -0.1) is 0 Å². The molecule has 70 heavy (non-hydrogen) atoms. The number of imidazole rings is 1. The number of aliphatic hydroxyl groups excluding tert-OH is 3. The van der Waals surface area contributed by atoms with Crippen LogP contribution < -0.4 is 31.3 Å². The molecule has 0 spiro atoms. The number of nitrogens with zero attached hydrogens (tertiary/aromatic N) is 4. The standard InChI is InChI=1S/C49H45N9O11S/c59-22-38-43(64)44(65)47(69-38)58-24-54-42-45(52-23-53-46(42)58)56-28-7-3-26(4-8-28)18-40(63)55-27-5-1-25(2-6-27)17-39(62)50-15-16-51-49(70)57-29-9-12-32(35(19-29)48(66)67)41-33-13-10-30(60)20-36(33)68-37-21-31(61)11-14-34(37)41/h1-14,19-21,23-24,33,38,41,43-44,47,59,61,64-65H,15-18,22H2,(H,50,62)(H,55,63)(H,66,67)(H2,51,57,70)(H,52,53,56)/t33?,38-,41?,43-,44-,47-/m1/s1. The van der Waals surface area contributed by atoms with Crippen LogP contribution in [0.3, 0.4) is 0 Å². The zero-order valence-corrected chi connectivity index (χ0v) is 37.7. The molecule has 0 radical (unpaired) electrons. The number of phenols is 1. The molecule has 1 aliphatic carbocycles. The summed E-state index contributed by atoms with van der Waals surface area (Å²) in [5.41, 5.74) is 5.02. The Bertz CT molecular complexity index is 3070. The number of anilines is 4. The van der Waals surface area contributed by atoms with E-state index < -0.39 is 49.0 Å². The van der Waals surface area contributed by atoms with Gasteiger partial charge in [-0.2, -0.15) is 0 Å². The second kappa shape index (κ2) is 20.3. The van der Waals surface area contributed by atoms with Crippen LogP contribution in [0.1, 0.15) is 44.8 Å². The van der Waals surface area contributed by atoms with E-state index in [-0.39, 0.29) is 60.0 Å². The average molecular weight is 968 g/mol. The Balaban J connectivity index is 0.714. The molecule has 2 unspecified atom stereocenters. The van der Waals surface area contributed by atoms with Gasteiger partial charge in [0.05, 0.1) is 31.3 Å². The molecule has 2 amide bonds. The third-order valence-corrected chi connectivity index (χ3v) is 12.2. The van der Waals surface area contributed by atoms with E-state index >= 15 is 0 Å². The lowest BCUT2D eigenvalue weighted by atomic mass is 9.74. The van der Waals surface area contributed by atoms with Crippen molar-refractivity contribution >= 4 is 74.9 Å². The number of aromatic carboxylic acids is 1. The zero-order valence-electron chi connectivity index (χ0n) is 36.9. The molecule has 1 saturated heterocycles. The van der Waals surface area contributed by atoms with E-state index in [4.69, 9.17) is 21.7 Å². The summed E-state index contributed by atoms with van der Waals surface area (Å²) in [6.45, 7) is 0.0590. The highest BCUT2D eigenvalue weighted by molar-refractivity contribution is 7.80. The second-order valence-electron chi connectivity index (χ2n) is 16.7. The summed E-state index contributed by atoms with van der Waals surface area (Å²) in [6.07, 6.45) is 2.89. The summed E-state index contributed by atoms with van der Waals surface area (Å²) in [7, 11) is 0. The molecule has 21 heteroatoms. The van der Waals surface area contributed by atoms with Crippen molar-refractivity contribution in [3.8, 4) is 11.5 Å². The van der Waals surface area contributed by atoms with Crippen molar-refractivity contribution in [3.63, 3.8) is 0 Å². The number of rotatable bonds is 15. The molecule has 2 aliphatic heterocycles. The van der Waals surface area contributed by atoms with Gasteiger partial charge in [-0.25, -0.2) is 19.7 Å². The van der Waals surface area contributed by atoms with E-state index in [0.29, 0.717) is 56.7 Å². The first kappa shape index (κ1) is 47.0. The molecule has 4 heterocycles. The van der Waals surface area contributed by atoms with Crippen LogP contribution in [0.15, 0.2) is 122 Å². The minimum atomic E-state index is -1.30. The number of hydrogen-bond donors (Lipinski definition) is 10. The van der Waals surface area contributed by atoms with Crippen molar-refractivity contribution in [2.75, 3.05) is 35.6 Å². The predicted octanol–water partition coefficient (Wildman–Crippen LogP) is 3.58. The van der Waals surface area contributed by atoms with E-state index in [2.05, 4.69) is 41.5 Å². The SMILES string of the molecule is O=C1C=CC2C(=C1)Oc1cc(O)ccc1C2c1ccc(NC(=S)NCCNC(=O)Cc2ccc(NC(=O)Cc3ccc(Nc4ncnc5c4ncn5[C@@H]4O[C@H](CO)[C@@H](O)[C@H]4O)cc3)cc2)cc1C(=O)O. The number of aromatic nitrogens is 4. The van der Waals surface area contributed by atoms with Crippen LogP contribution in [0.5, 0.6) is 11.5 Å². The van der Waals surface area contributed by atoms with Gasteiger partial charge in [0.1, 0.15) is 41.9 Å². The van der Waals surface area contributed by atoms with Gasteiger partial charge in [-0.3, -0.25) is 19.0 Å². The normalized spacial score (nSPS) is 20.1. The topological polar surface area (TPSA) is 292 Å². The van der Waals surface area contributed by atoms with Crippen LogP contribution in [0, 0.1) is 5.92 Å². The summed E-state index contributed by atoms with van der Waals surface area (Å²) < 4.78 is 13.1. The van der Waals surface area contributed by atoms with Crippen molar-refractivity contribution in [2.24, 2.45) is 5.92 Å². The maximum Gasteiger partial charge on any atom is 0.336 e. The number of aliphatic hydroxyl groups is 3. The van der Waals surface area contributed by atoms with Crippen molar-refractivity contribution in [1.29, 1.82) is 0 Å². The molecule has 0 saturated carbocycles. The molecule has 2 aromatic heterocycles. The molecule has 20 nitrogen and oxygen atoms in total. The fourth-order valence-corrected chi connectivity index (χ4v) is 8.79. The number of carboxylic acids is 1. The molecule has 10 N–H and O–H groups in total. The van der Waals surface area contributed by atoms with Crippen LogP contribution in [0.25, 0.3) is 11.2 Å². The van der Waals surface area contributed by atoms with Gasteiger partial charge in [0.15, 0.2) is 34.1 Å². The minimum Gasteiger partial charge on any atom is -0.508 e. The first-order valence-corrected chi connectivity index (χ1v) is 22.4. The Morgan fingerprint density at radius 2 is 1.49 bits per heavy atom. The van der Waals surface area contributed by atoms with Crippen LogP contribution >= 0.6 is 12.2 Å². The van der Waals surface area contributed by atoms with Gasteiger partial charge in [0.25, 0.3) is 0 Å². The first-order valence-electron chi connectivity index (χ1n) is 22.0. The van der Waals surface area contributed by atoms with E-state index in [9.17, 15) is 44.7 Å². The van der Waals surface area contributed by atoms with E-state index in [1.54, 1.807) is 72.8 Å². The predicted molar refractivity (Wildman–Crippen MR) is 257 cm³/mol. The molecule has 358 valence electrons. The number of hydrogen-bond acceptors (Lipinski definition) is 15. The lowest BCUT2D eigenvalue weighted by Crippen LogP contribution is -2.37. The second-order valence-corrected chi connectivity index (χ2v) is 17.1. The van der Waals surface area contributed by atoms with Gasteiger partial charge in [0, 0.05) is 59.7 Å². The molecular weight excluding hydrogens is 923 g/mol. The summed E-state index contributed by atoms with van der Waals surface area (Å²) in [5.74, 6) is -1.83. The number of amides is 2. The highest BCUT2D eigenvalue weighted by Crippen LogP contribution is 2.49. The highest BCUT2D eigenvalue weighted by Gasteiger charge is 2.44. The molecule has 0 bridgehead atoms. The molecule has 4 aromatic carbocycles. The van der Waals surface area contributed by atoms with Crippen LogP contribution in [0.2, 0.25) is 0 Å². The Morgan fingerprint density at radius 3 is 2.21 bits per heavy atom. The third-order valence-electron chi connectivity index (χ3n) is 11.9. The van der Waals surface area contributed by atoms with Crippen molar-refractivity contribution in [2.45, 2.75) is 43.3 Å². The van der Waals surface area contributed by atoms with E-state index in [1.165, 1.54) is 47.6 Å². The lowest BCUT2D eigenvalue weighted by molar-refractivity contribution is -0.120. The molecule has 6 aromatic rings. The van der Waals surface area contributed by atoms with Crippen molar-refractivity contribution in [1.82, 2.24) is 30.2 Å². The fraction of sp³-hybridized carbons (Fsp3) is 0.224. The number of carboxylic acid groups (broad SMARTS) is 1. The summed E-state index contributed by atoms with van der Waals surface area (Å²) in [5, 5.41) is 65.7. The lowest BCUT2D eigenvalue weighted by Gasteiger charge is -2.35. The minimum absolute atomic E-state index is 0.0132. The number of ether oxygens (including phenoxy) is 2. The number of carbonyl (C=O) groups excluding carboxylic acids is 3. The van der Waals surface area contributed by atoms with Gasteiger partial charge in [-0.05, 0) is 77.4 Å². The number of allylic oxidation sites excluding steroid dienone is 3. The van der Waals surface area contributed by atoms with Gasteiger partial charge in [-0.1, -0.05) is 42.5 Å². The van der Waals surface area contributed by atoms with E-state index in [1.807, 2.05) is 0 Å². The zero-order chi connectivity index (χ0) is 49.1. The quantitative estimate of drug-likeness (QED) is 0.0520. The smallest absolute Gasteiger partial charge is 0.336 e. The number of thiocarbonyl (C=S) groups is 1. The Hall–Kier alpha value is -8.08. The maximum absolute atomic E-state index is 12.9. The van der Waals surface area contributed by atoms with Crippen LogP contribution in [-0.2, 0) is 32.0 Å². The van der Waals surface area contributed by atoms with Gasteiger partial charge < -0.3 is 61.6 Å². The average Bonchev–Trinajstić information content (AvgIpc) is 3.90. The number of carbonyl (C=O) groups is 4. The van der Waals surface area contributed by atoms with Crippen molar-refractivity contribution < 1.29 is 54.2 Å². The fourth-order valence-electron chi connectivity index (χ4n) is 8.57. The number of phenolic OH excluding ortho intramolecular Hbond substituents is 1. The highest BCUT2D eigenvalue weighted by atomic mass is 32.1. The summed E-state index contributed by atoms with van der Waals surface area (Å²) in [4.78, 5) is 63.4. The van der Waals surface area contributed by atoms with Crippen LogP contribution in [0.4, 0.5) is 22.9 Å². The van der Waals surface area contributed by atoms with Gasteiger partial charge >= 0.3 is 5.97 Å². The molecule has 6 atom stereocenters. The Labute approximate surface area is 403 Å². The number of fused-ring (bicyclic) bond motifs is 3. The Kier molecular flexibility index (Phi) is 13.6. The molecular formula is C49H45N9O11S. The summed E-state index contributed by atoms with van der Waals surface area (Å²) >= 11 is 5.45. The molecule has 9 rings (SSSR count). The number of aromatic hydroxyl groups is 1. The van der Waals surface area contributed by atoms with Crippen molar-refractivity contribution in [3.05, 3.63) is 149 Å². The molecule has 1 fully saturated rings. The number of ketones is 1. The Morgan fingerprint density at radius 1 is 0.786 bits per heavy atom. The molecule has 3 aliphatic rings. The maximum atomic E-state index is 12.9. The van der Waals surface area contributed by atoms with Crippen LogP contribution in [-0.4, -0.2) is 112 Å².